The molecule has 4 rings (SSSR count). The summed E-state index contributed by atoms with van der Waals surface area (Å²) in [5.74, 6) is 1.76. The van der Waals surface area contributed by atoms with Crippen molar-refractivity contribution in [3.63, 3.8) is 0 Å². The van der Waals surface area contributed by atoms with Gasteiger partial charge in [-0.3, -0.25) is 4.90 Å². The maximum Gasteiger partial charge on any atom is 0.213 e. The molecular formula is C23H23FN2O3. The Morgan fingerprint density at radius 1 is 1.07 bits per heavy atom. The molecule has 0 N–H and O–H groups in total. The summed E-state index contributed by atoms with van der Waals surface area (Å²) in [6.45, 7) is 2.58. The van der Waals surface area contributed by atoms with Gasteiger partial charge in [-0.15, -0.1) is 0 Å². The maximum atomic E-state index is 13.6. The summed E-state index contributed by atoms with van der Waals surface area (Å²) < 4.78 is 30.4. The number of aromatic nitrogens is 1. The molecule has 150 valence electrons. The first-order valence-electron chi connectivity index (χ1n) is 9.48. The number of benzene rings is 2. The van der Waals surface area contributed by atoms with Crippen LogP contribution in [0.3, 0.4) is 0 Å². The van der Waals surface area contributed by atoms with E-state index in [-0.39, 0.29) is 5.82 Å². The van der Waals surface area contributed by atoms with Crippen molar-refractivity contribution in [1.82, 2.24) is 9.88 Å². The van der Waals surface area contributed by atoms with Crippen molar-refractivity contribution >= 4 is 0 Å². The topological polar surface area (TPSA) is 43.8 Å². The first-order chi connectivity index (χ1) is 14.2. The lowest BCUT2D eigenvalue weighted by molar-refractivity contribution is 0.216. The number of ether oxygens (including phenoxy) is 3. The fourth-order valence-corrected chi connectivity index (χ4v) is 3.56. The molecule has 0 fully saturated rings. The Morgan fingerprint density at radius 3 is 2.72 bits per heavy atom. The molecule has 6 heteroatoms. The third-order valence-electron chi connectivity index (χ3n) is 4.92. The van der Waals surface area contributed by atoms with Gasteiger partial charge in [-0.05, 0) is 35.9 Å². The van der Waals surface area contributed by atoms with Crippen molar-refractivity contribution < 1.29 is 18.6 Å². The Hall–Kier alpha value is -3.12. The molecule has 0 aliphatic carbocycles. The zero-order valence-corrected chi connectivity index (χ0v) is 16.5. The van der Waals surface area contributed by atoms with E-state index in [4.69, 9.17) is 14.2 Å². The number of hydrogen-bond donors (Lipinski definition) is 0. The van der Waals surface area contributed by atoms with Crippen LogP contribution in [0.4, 0.5) is 4.39 Å². The molecule has 0 bridgehead atoms. The molecule has 5 nitrogen and oxygen atoms in total. The first-order valence-corrected chi connectivity index (χ1v) is 9.48. The van der Waals surface area contributed by atoms with Crippen molar-refractivity contribution in [1.29, 1.82) is 0 Å². The van der Waals surface area contributed by atoms with Gasteiger partial charge >= 0.3 is 0 Å². The van der Waals surface area contributed by atoms with Gasteiger partial charge in [0, 0.05) is 36.8 Å². The fourth-order valence-electron chi connectivity index (χ4n) is 3.56. The highest BCUT2D eigenvalue weighted by Crippen LogP contribution is 2.38. The monoisotopic (exact) mass is 394 g/mol. The van der Waals surface area contributed by atoms with Crippen molar-refractivity contribution in [2.45, 2.75) is 13.1 Å². The fraction of sp³-hybridized carbons (Fsp3) is 0.261. The summed E-state index contributed by atoms with van der Waals surface area (Å²) in [4.78, 5) is 6.77. The molecule has 2 aromatic carbocycles. The van der Waals surface area contributed by atoms with E-state index in [2.05, 4.69) is 16.0 Å². The summed E-state index contributed by atoms with van der Waals surface area (Å²) in [6, 6.07) is 16.4. The molecule has 0 saturated heterocycles. The summed E-state index contributed by atoms with van der Waals surface area (Å²) in [6.07, 6.45) is 0. The molecular weight excluding hydrogens is 371 g/mol. The van der Waals surface area contributed by atoms with Gasteiger partial charge in [-0.25, -0.2) is 9.37 Å². The van der Waals surface area contributed by atoms with E-state index in [9.17, 15) is 4.39 Å². The van der Waals surface area contributed by atoms with Gasteiger partial charge in [0.2, 0.25) is 5.88 Å². The molecule has 3 aromatic rings. The summed E-state index contributed by atoms with van der Waals surface area (Å²) in [5.41, 5.74) is 3.67. The van der Waals surface area contributed by atoms with Crippen LogP contribution >= 0.6 is 0 Å². The molecule has 0 unspecified atom stereocenters. The number of methoxy groups -OCH3 is 2. The van der Waals surface area contributed by atoms with Gasteiger partial charge < -0.3 is 14.2 Å². The second-order valence-electron chi connectivity index (χ2n) is 6.92. The smallest absolute Gasteiger partial charge is 0.213 e. The highest BCUT2D eigenvalue weighted by molar-refractivity contribution is 5.67. The molecule has 1 aliphatic heterocycles. The molecule has 0 saturated carbocycles. The molecule has 1 aliphatic rings. The molecule has 29 heavy (non-hydrogen) atoms. The molecule has 2 heterocycles. The number of fused-ring (bicyclic) bond motifs is 1. The Labute approximate surface area is 169 Å². The summed E-state index contributed by atoms with van der Waals surface area (Å²) in [5, 5.41) is 0. The van der Waals surface area contributed by atoms with Gasteiger partial charge in [0.1, 0.15) is 12.4 Å². The van der Waals surface area contributed by atoms with E-state index in [1.165, 1.54) is 6.07 Å². The van der Waals surface area contributed by atoms with Crippen LogP contribution in [0.15, 0.2) is 54.6 Å². The van der Waals surface area contributed by atoms with Crippen molar-refractivity contribution in [2.75, 3.05) is 27.4 Å². The van der Waals surface area contributed by atoms with Crippen LogP contribution in [0.2, 0.25) is 0 Å². The van der Waals surface area contributed by atoms with Gasteiger partial charge in [0.05, 0.1) is 19.9 Å². The largest absolute Gasteiger partial charge is 0.493 e. The van der Waals surface area contributed by atoms with Crippen LogP contribution in [0.25, 0.3) is 11.3 Å². The van der Waals surface area contributed by atoms with Crippen LogP contribution in [0.1, 0.15) is 11.1 Å². The van der Waals surface area contributed by atoms with Gasteiger partial charge in [-0.1, -0.05) is 18.2 Å². The Morgan fingerprint density at radius 2 is 1.93 bits per heavy atom. The number of pyridine rings is 1. The molecule has 0 radical (unpaired) electrons. The summed E-state index contributed by atoms with van der Waals surface area (Å²) in [7, 11) is 3.24. The van der Waals surface area contributed by atoms with Gasteiger partial charge in [0.25, 0.3) is 0 Å². The number of halogens is 1. The molecule has 1 aromatic heterocycles. The maximum absolute atomic E-state index is 13.6. The Balaban J connectivity index is 1.67. The van der Waals surface area contributed by atoms with Crippen LogP contribution < -0.4 is 14.2 Å². The van der Waals surface area contributed by atoms with Gasteiger partial charge in [0.15, 0.2) is 11.5 Å². The predicted molar refractivity (Wildman–Crippen MR) is 109 cm³/mol. The normalized spacial score (nSPS) is 13.9. The molecule has 0 atom stereocenters. The zero-order valence-electron chi connectivity index (χ0n) is 16.5. The van der Waals surface area contributed by atoms with Crippen LogP contribution in [0, 0.1) is 5.82 Å². The molecule has 0 amide bonds. The lowest BCUT2D eigenvalue weighted by Gasteiger charge is -2.20. The van der Waals surface area contributed by atoms with E-state index in [0.717, 1.165) is 34.7 Å². The van der Waals surface area contributed by atoms with Crippen molar-refractivity contribution in [3.05, 3.63) is 71.5 Å². The zero-order chi connectivity index (χ0) is 20.2. The van der Waals surface area contributed by atoms with Crippen LogP contribution in [0.5, 0.6) is 17.4 Å². The van der Waals surface area contributed by atoms with E-state index >= 15 is 0 Å². The average Bonchev–Trinajstić information content (AvgIpc) is 2.94. The third kappa shape index (κ3) is 4.32. The average molecular weight is 394 g/mol. The minimum absolute atomic E-state index is 0.220. The van der Waals surface area contributed by atoms with Crippen molar-refractivity contribution in [3.8, 4) is 28.6 Å². The van der Waals surface area contributed by atoms with Crippen molar-refractivity contribution in [2.24, 2.45) is 0 Å². The lowest BCUT2D eigenvalue weighted by Crippen LogP contribution is -2.25. The first kappa shape index (κ1) is 19.2. The number of nitrogens with zero attached hydrogens (tertiary/aromatic N) is 2. The number of rotatable bonds is 5. The van der Waals surface area contributed by atoms with E-state index in [1.807, 2.05) is 30.3 Å². The highest BCUT2D eigenvalue weighted by Gasteiger charge is 2.21. The Kier molecular flexibility index (Phi) is 5.62. The Bertz CT molecular complexity index is 1010. The minimum Gasteiger partial charge on any atom is -0.493 e. The highest BCUT2D eigenvalue weighted by atomic mass is 19.1. The lowest BCUT2D eigenvalue weighted by atomic mass is 10.0. The number of hydrogen-bond acceptors (Lipinski definition) is 5. The second kappa shape index (κ2) is 8.49. The third-order valence-corrected chi connectivity index (χ3v) is 4.92. The van der Waals surface area contributed by atoms with E-state index in [1.54, 1.807) is 26.4 Å². The van der Waals surface area contributed by atoms with Gasteiger partial charge in [-0.2, -0.15) is 0 Å². The van der Waals surface area contributed by atoms with E-state index < -0.39 is 0 Å². The minimum atomic E-state index is -0.220. The second-order valence-corrected chi connectivity index (χ2v) is 6.92. The van der Waals surface area contributed by atoms with Crippen LogP contribution in [-0.4, -0.2) is 37.3 Å². The molecule has 0 spiro atoms. The SMILES string of the molecule is COc1cccc(-c2cc3c(c(OC)c2)OCCN(Cc2cccc(F)c2)C3)n1. The summed E-state index contributed by atoms with van der Waals surface area (Å²) >= 11 is 0. The quantitative estimate of drug-likeness (QED) is 0.646. The standard InChI is InChI=1S/C23H23FN2O3/c1-27-21-13-17(20-7-4-8-22(25-20)28-2)12-18-15-26(9-10-29-23(18)21)14-16-5-3-6-19(24)11-16/h3-8,11-13H,9-10,14-15H2,1-2H3. The van der Waals surface area contributed by atoms with Crippen LogP contribution in [-0.2, 0) is 13.1 Å². The van der Waals surface area contributed by atoms with E-state index in [0.29, 0.717) is 31.3 Å². The predicted octanol–water partition coefficient (Wildman–Crippen LogP) is 4.30.